The highest BCUT2D eigenvalue weighted by molar-refractivity contribution is 8.03. The first-order valence-electron chi connectivity index (χ1n) is 8.05. The number of thiophene rings is 1. The van der Waals surface area contributed by atoms with Gasteiger partial charge >= 0.3 is 0 Å². The predicted molar refractivity (Wildman–Crippen MR) is 106 cm³/mol. The molecule has 130 valence electrons. The van der Waals surface area contributed by atoms with E-state index in [9.17, 15) is 4.39 Å². The van der Waals surface area contributed by atoms with Crippen LogP contribution in [-0.4, -0.2) is 31.5 Å². The molecule has 2 aromatic rings. The average Bonchev–Trinajstić information content (AvgIpc) is 3.00. The second kappa shape index (κ2) is 8.47. The van der Waals surface area contributed by atoms with Crippen molar-refractivity contribution in [3.05, 3.63) is 36.1 Å². The molecular weight excluding hydrogens is 361 g/mol. The van der Waals surface area contributed by atoms with Crippen molar-refractivity contribution in [3.63, 3.8) is 0 Å². The molecule has 0 atom stereocenters. The van der Waals surface area contributed by atoms with Crippen molar-refractivity contribution in [2.75, 3.05) is 36.8 Å². The second-order valence-electron chi connectivity index (χ2n) is 5.86. The van der Waals surface area contributed by atoms with Crippen LogP contribution in [0.15, 0.2) is 38.8 Å². The van der Waals surface area contributed by atoms with Crippen LogP contribution < -0.4 is 9.62 Å². The first kappa shape index (κ1) is 17.9. The van der Waals surface area contributed by atoms with Crippen molar-refractivity contribution in [1.82, 2.24) is 4.31 Å². The van der Waals surface area contributed by atoms with Crippen molar-refractivity contribution in [2.45, 2.75) is 27.7 Å². The van der Waals surface area contributed by atoms with E-state index in [1.165, 1.54) is 14.8 Å². The highest BCUT2D eigenvalue weighted by Crippen LogP contribution is 2.37. The van der Waals surface area contributed by atoms with Gasteiger partial charge in [-0.05, 0) is 81.5 Å². The van der Waals surface area contributed by atoms with Crippen molar-refractivity contribution >= 4 is 46.6 Å². The third-order valence-corrected chi connectivity index (χ3v) is 6.74. The van der Waals surface area contributed by atoms with Crippen LogP contribution in [0.25, 0.3) is 0 Å². The minimum Gasteiger partial charge on any atom is -0.367 e. The maximum atomic E-state index is 14.4. The van der Waals surface area contributed by atoms with Crippen molar-refractivity contribution in [3.8, 4) is 0 Å². The smallest absolute Gasteiger partial charge is 0.148 e. The molecule has 1 N–H and O–H groups in total. The average molecular weight is 384 g/mol. The summed E-state index contributed by atoms with van der Waals surface area (Å²) < 4.78 is 22.3. The molecule has 1 saturated heterocycles. The summed E-state index contributed by atoms with van der Waals surface area (Å²) in [6.07, 6.45) is 3.51. The molecule has 1 aliphatic rings. The van der Waals surface area contributed by atoms with Gasteiger partial charge in [0.05, 0.1) is 19.8 Å². The maximum absolute atomic E-state index is 14.4. The monoisotopic (exact) mass is 383 g/mol. The van der Waals surface area contributed by atoms with Crippen molar-refractivity contribution in [2.24, 2.45) is 0 Å². The highest BCUT2D eigenvalue weighted by Gasteiger charge is 2.18. The van der Waals surface area contributed by atoms with Crippen LogP contribution in [0.1, 0.15) is 19.3 Å². The van der Waals surface area contributed by atoms with Crippen LogP contribution in [0.3, 0.4) is 0 Å². The number of piperidine rings is 1. The predicted octanol–water partition coefficient (Wildman–Crippen LogP) is 5.57. The van der Waals surface area contributed by atoms with E-state index in [0.717, 1.165) is 31.6 Å². The van der Waals surface area contributed by atoms with Crippen molar-refractivity contribution in [1.29, 1.82) is 0 Å². The molecule has 1 aromatic carbocycles. The molecule has 1 aliphatic heterocycles. The number of para-hydroxylation sites is 1. The molecule has 0 radical (unpaired) electrons. The number of rotatable bonds is 6. The zero-order valence-electron chi connectivity index (χ0n) is 13.9. The molecule has 0 saturated carbocycles. The largest absolute Gasteiger partial charge is 0.367 e. The lowest BCUT2D eigenvalue weighted by Gasteiger charge is -2.30. The molecule has 1 fully saturated rings. The number of hydrogen-bond donors (Lipinski definition) is 1. The summed E-state index contributed by atoms with van der Waals surface area (Å²) in [5, 5.41) is 0. The van der Waals surface area contributed by atoms with Crippen LogP contribution in [0.5, 0.6) is 0 Å². The van der Waals surface area contributed by atoms with Crippen molar-refractivity contribution < 1.29 is 4.39 Å². The Hall–Kier alpha value is -0.890. The molecule has 7 heteroatoms. The summed E-state index contributed by atoms with van der Waals surface area (Å²) in [6.45, 7) is 1.87. The van der Waals surface area contributed by atoms with Gasteiger partial charge in [-0.3, -0.25) is 4.31 Å². The van der Waals surface area contributed by atoms with Gasteiger partial charge in [-0.2, -0.15) is 0 Å². The Morgan fingerprint density at radius 3 is 2.58 bits per heavy atom. The first-order valence-corrected chi connectivity index (χ1v) is 10.5. The Morgan fingerprint density at radius 2 is 1.83 bits per heavy atom. The van der Waals surface area contributed by atoms with Gasteiger partial charge in [0, 0.05) is 13.1 Å². The van der Waals surface area contributed by atoms with Crippen LogP contribution in [-0.2, 0) is 0 Å². The molecule has 0 amide bonds. The fourth-order valence-corrected chi connectivity index (χ4v) is 5.78. The Morgan fingerprint density at radius 1 is 1.08 bits per heavy atom. The summed E-state index contributed by atoms with van der Waals surface area (Å²) >= 11 is 5.00. The standard InChI is InChI=1S/C17H22FN3S3/c1-20(2)24-16-10-9-15(22-16)23-19-14-8-6-7-13(18)17(14)21-11-4-3-5-12-21/h6-10,19H,3-5,11-12H2,1-2H3. The number of anilines is 2. The lowest BCUT2D eigenvalue weighted by atomic mass is 10.1. The van der Waals surface area contributed by atoms with Gasteiger partial charge in [0.1, 0.15) is 5.82 Å². The van der Waals surface area contributed by atoms with E-state index in [1.807, 2.05) is 20.2 Å². The molecule has 0 aliphatic carbocycles. The fraction of sp³-hybridized carbons (Fsp3) is 0.412. The van der Waals surface area contributed by atoms with Gasteiger partial charge in [0.25, 0.3) is 0 Å². The molecule has 0 spiro atoms. The topological polar surface area (TPSA) is 18.5 Å². The quantitative estimate of drug-likeness (QED) is 0.656. The van der Waals surface area contributed by atoms with Gasteiger partial charge < -0.3 is 9.62 Å². The minimum atomic E-state index is -0.141. The van der Waals surface area contributed by atoms with Gasteiger partial charge in [0.15, 0.2) is 0 Å². The Balaban J connectivity index is 1.70. The molecule has 0 bridgehead atoms. The molecule has 3 rings (SSSR count). The Bertz CT molecular complexity index is 669. The number of hydrogen-bond acceptors (Lipinski definition) is 6. The third kappa shape index (κ3) is 4.59. The highest BCUT2D eigenvalue weighted by atomic mass is 32.2. The maximum Gasteiger partial charge on any atom is 0.148 e. The summed E-state index contributed by atoms with van der Waals surface area (Å²) in [4.78, 5) is 2.17. The van der Waals surface area contributed by atoms with E-state index in [4.69, 9.17) is 0 Å². The fourth-order valence-electron chi connectivity index (χ4n) is 2.73. The van der Waals surface area contributed by atoms with E-state index in [2.05, 4.69) is 26.1 Å². The van der Waals surface area contributed by atoms with Gasteiger partial charge in [-0.1, -0.05) is 6.07 Å². The zero-order chi connectivity index (χ0) is 16.9. The SMILES string of the molecule is CN(C)Sc1ccc(SNc2cccc(F)c2N2CCCCC2)s1. The van der Waals surface area contributed by atoms with Crippen LogP contribution in [0.4, 0.5) is 15.8 Å². The second-order valence-corrected chi connectivity index (χ2v) is 9.67. The summed E-state index contributed by atoms with van der Waals surface area (Å²) in [5.74, 6) is -0.141. The number of nitrogens with one attached hydrogen (secondary N) is 1. The van der Waals surface area contributed by atoms with Gasteiger partial charge in [-0.25, -0.2) is 4.39 Å². The van der Waals surface area contributed by atoms with Gasteiger partial charge in [0.2, 0.25) is 0 Å². The molecule has 1 aromatic heterocycles. The molecule has 3 nitrogen and oxygen atoms in total. The van der Waals surface area contributed by atoms with Gasteiger partial charge in [-0.15, -0.1) is 11.3 Å². The number of nitrogens with zero attached hydrogens (tertiary/aromatic N) is 2. The molecule has 24 heavy (non-hydrogen) atoms. The van der Waals surface area contributed by atoms with E-state index >= 15 is 0 Å². The Kier molecular flexibility index (Phi) is 6.32. The number of benzene rings is 1. The third-order valence-electron chi connectivity index (χ3n) is 3.75. The van der Waals surface area contributed by atoms with E-state index in [0.29, 0.717) is 5.69 Å². The lowest BCUT2D eigenvalue weighted by molar-refractivity contribution is 0.558. The summed E-state index contributed by atoms with van der Waals surface area (Å²) in [5.41, 5.74) is 1.57. The minimum absolute atomic E-state index is 0.141. The zero-order valence-corrected chi connectivity index (χ0v) is 16.4. The number of halogens is 1. The molecule has 2 heterocycles. The molecular formula is C17H22FN3S3. The Labute approximate surface area is 155 Å². The normalized spacial score (nSPS) is 15.1. The van der Waals surface area contributed by atoms with Crippen LogP contribution in [0, 0.1) is 5.82 Å². The van der Waals surface area contributed by atoms with E-state index < -0.39 is 0 Å². The van der Waals surface area contributed by atoms with Crippen LogP contribution >= 0.6 is 35.2 Å². The summed E-state index contributed by atoms with van der Waals surface area (Å²) in [7, 11) is 4.07. The lowest BCUT2D eigenvalue weighted by Crippen LogP contribution is -2.30. The first-order chi connectivity index (χ1) is 11.6. The summed E-state index contributed by atoms with van der Waals surface area (Å²) in [6, 6.07) is 9.51. The van der Waals surface area contributed by atoms with E-state index in [-0.39, 0.29) is 5.82 Å². The van der Waals surface area contributed by atoms with E-state index in [1.54, 1.807) is 47.4 Å². The molecule has 0 unspecified atom stereocenters. The van der Waals surface area contributed by atoms with Crippen LogP contribution in [0.2, 0.25) is 0 Å².